The Bertz CT molecular complexity index is 1800. The number of hydrogen-bond acceptors (Lipinski definition) is 5. The maximum Gasteiger partial charge on any atom is 0.416 e. The number of carbonyl (C=O) groups is 2. The molecular weight excluding hydrogens is 583 g/mol. The maximum absolute atomic E-state index is 13.9. The minimum absolute atomic E-state index is 0.0495. The van der Waals surface area contributed by atoms with Gasteiger partial charge in [-0.25, -0.2) is 4.98 Å². The molecule has 1 aliphatic heterocycles. The van der Waals surface area contributed by atoms with Crippen LogP contribution in [0.3, 0.4) is 0 Å². The molecule has 2 N–H and O–H groups in total. The molecule has 3 heterocycles. The standard InChI is InChI=1S/C31H29ClF3N5O3/c1-17-4-5-23(14-25(17)26-12-20-16-36-28(32)15-27(20)39(3)30(26)43)38-29(42)19-10-21(31(33,34)35)13-24(11-19)40-8-6-22(7-9-40)37-18(2)41/h4-5,10-16,22H,6-9H2,1-3H3,(H,37,41)(H,38,42). The lowest BCUT2D eigenvalue weighted by molar-refractivity contribution is -0.137. The number of piperidine rings is 1. The summed E-state index contributed by atoms with van der Waals surface area (Å²) in [6.07, 6.45) is -1.96. The third-order valence-electron chi connectivity index (χ3n) is 7.64. The average Bonchev–Trinajstić information content (AvgIpc) is 2.95. The van der Waals surface area contributed by atoms with Crippen molar-refractivity contribution in [3.05, 3.63) is 86.9 Å². The highest BCUT2D eigenvalue weighted by Gasteiger charge is 2.33. The first-order chi connectivity index (χ1) is 20.3. The van der Waals surface area contributed by atoms with Crippen molar-refractivity contribution in [3.63, 3.8) is 0 Å². The van der Waals surface area contributed by atoms with Gasteiger partial charge in [0.1, 0.15) is 5.15 Å². The molecule has 2 aromatic heterocycles. The van der Waals surface area contributed by atoms with Crippen molar-refractivity contribution in [3.8, 4) is 11.1 Å². The normalized spacial score (nSPS) is 14.2. The first-order valence-corrected chi connectivity index (χ1v) is 14.0. The van der Waals surface area contributed by atoms with Crippen LogP contribution in [0.15, 0.2) is 59.5 Å². The Hall–Kier alpha value is -4.38. The molecule has 2 amide bonds. The number of rotatable bonds is 5. The van der Waals surface area contributed by atoms with Gasteiger partial charge in [-0.1, -0.05) is 17.7 Å². The molecule has 12 heteroatoms. The fourth-order valence-electron chi connectivity index (χ4n) is 5.38. The summed E-state index contributed by atoms with van der Waals surface area (Å²) in [7, 11) is 1.62. The van der Waals surface area contributed by atoms with Crippen molar-refractivity contribution in [1.29, 1.82) is 0 Å². The first kappa shape index (κ1) is 30.1. The SMILES string of the molecule is CC(=O)NC1CCN(c2cc(C(=O)Nc3ccc(C)c(-c4cc5cnc(Cl)cc5n(C)c4=O)c3)cc(C(F)(F)F)c2)CC1. The summed E-state index contributed by atoms with van der Waals surface area (Å²) in [5.74, 6) is -0.876. The molecular formula is C31H29ClF3N5O3. The molecule has 43 heavy (non-hydrogen) atoms. The summed E-state index contributed by atoms with van der Waals surface area (Å²) in [4.78, 5) is 43.9. The van der Waals surface area contributed by atoms with Crippen molar-refractivity contribution in [1.82, 2.24) is 14.9 Å². The van der Waals surface area contributed by atoms with Gasteiger partial charge < -0.3 is 20.1 Å². The minimum atomic E-state index is -4.66. The van der Waals surface area contributed by atoms with Crippen molar-refractivity contribution < 1.29 is 22.8 Å². The Morgan fingerprint density at radius 2 is 1.74 bits per heavy atom. The fraction of sp³-hybridized carbons (Fsp3) is 0.290. The van der Waals surface area contributed by atoms with Crippen LogP contribution >= 0.6 is 11.6 Å². The van der Waals surface area contributed by atoms with Gasteiger partial charge in [0.25, 0.3) is 11.5 Å². The van der Waals surface area contributed by atoms with E-state index in [1.807, 2.05) is 6.92 Å². The van der Waals surface area contributed by atoms with Gasteiger partial charge in [0, 0.05) is 67.2 Å². The van der Waals surface area contributed by atoms with E-state index in [0.29, 0.717) is 53.6 Å². The quantitative estimate of drug-likeness (QED) is 0.272. The number of anilines is 2. The molecule has 1 aliphatic rings. The molecule has 0 bridgehead atoms. The molecule has 0 spiro atoms. The summed E-state index contributed by atoms with van der Waals surface area (Å²) >= 11 is 6.01. The summed E-state index contributed by atoms with van der Waals surface area (Å²) < 4.78 is 43.0. The summed E-state index contributed by atoms with van der Waals surface area (Å²) in [6, 6.07) is 11.5. The Balaban J connectivity index is 1.45. The lowest BCUT2D eigenvalue weighted by Gasteiger charge is -2.34. The Morgan fingerprint density at radius 3 is 2.42 bits per heavy atom. The highest BCUT2D eigenvalue weighted by Crippen LogP contribution is 2.34. The van der Waals surface area contributed by atoms with Gasteiger partial charge in [-0.05, 0) is 73.4 Å². The van der Waals surface area contributed by atoms with Crippen molar-refractivity contribution >= 4 is 45.7 Å². The molecule has 0 saturated carbocycles. The number of nitrogens with one attached hydrogen (secondary N) is 2. The van der Waals surface area contributed by atoms with E-state index >= 15 is 0 Å². The molecule has 4 aromatic rings. The summed E-state index contributed by atoms with van der Waals surface area (Å²) in [5, 5.41) is 6.49. The van der Waals surface area contributed by atoms with Gasteiger partial charge in [-0.3, -0.25) is 14.4 Å². The van der Waals surface area contributed by atoms with Gasteiger partial charge in [0.05, 0.1) is 11.1 Å². The second-order valence-electron chi connectivity index (χ2n) is 10.7. The number of hydrogen-bond donors (Lipinski definition) is 2. The predicted molar refractivity (Wildman–Crippen MR) is 161 cm³/mol. The van der Waals surface area contributed by atoms with E-state index in [1.54, 1.807) is 48.5 Å². The maximum atomic E-state index is 13.9. The number of nitrogens with zero attached hydrogens (tertiary/aromatic N) is 3. The zero-order chi connectivity index (χ0) is 31.1. The number of amides is 2. The van der Waals surface area contributed by atoms with Crippen molar-refractivity contribution in [2.75, 3.05) is 23.3 Å². The number of aromatic nitrogens is 2. The third kappa shape index (κ3) is 6.51. The zero-order valence-electron chi connectivity index (χ0n) is 23.7. The first-order valence-electron chi connectivity index (χ1n) is 13.6. The highest BCUT2D eigenvalue weighted by molar-refractivity contribution is 6.30. The summed E-state index contributed by atoms with van der Waals surface area (Å²) in [5.41, 5.74) is 1.52. The minimum Gasteiger partial charge on any atom is -0.371 e. The second kappa shape index (κ2) is 11.7. The van der Waals surface area contributed by atoms with Gasteiger partial charge >= 0.3 is 6.18 Å². The monoisotopic (exact) mass is 611 g/mol. The summed E-state index contributed by atoms with van der Waals surface area (Å²) in [6.45, 7) is 4.10. The smallest absolute Gasteiger partial charge is 0.371 e. The number of aryl methyl sites for hydroxylation is 2. The topological polar surface area (TPSA) is 96.3 Å². The van der Waals surface area contributed by atoms with Crippen LogP contribution in [0.25, 0.3) is 22.0 Å². The van der Waals surface area contributed by atoms with E-state index in [-0.39, 0.29) is 33.9 Å². The molecule has 0 radical (unpaired) electrons. The number of alkyl halides is 3. The van der Waals surface area contributed by atoms with Crippen molar-refractivity contribution in [2.24, 2.45) is 7.05 Å². The number of halogens is 4. The van der Waals surface area contributed by atoms with E-state index in [4.69, 9.17) is 11.6 Å². The van der Waals surface area contributed by atoms with Crippen molar-refractivity contribution in [2.45, 2.75) is 38.9 Å². The van der Waals surface area contributed by atoms with Crippen LogP contribution in [0.2, 0.25) is 5.15 Å². The second-order valence-corrected chi connectivity index (χ2v) is 11.1. The highest BCUT2D eigenvalue weighted by atomic mass is 35.5. The average molecular weight is 612 g/mol. The number of carbonyl (C=O) groups excluding carboxylic acids is 2. The number of fused-ring (bicyclic) bond motifs is 1. The molecule has 2 aromatic carbocycles. The predicted octanol–water partition coefficient (Wildman–Crippen LogP) is 5.94. The van der Waals surface area contributed by atoms with Gasteiger partial charge in [-0.15, -0.1) is 0 Å². The van der Waals surface area contributed by atoms with Crippen LogP contribution < -0.4 is 21.1 Å². The van der Waals surface area contributed by atoms with E-state index in [9.17, 15) is 27.6 Å². The molecule has 0 atom stereocenters. The van der Waals surface area contributed by atoms with Crippen LogP contribution in [0.4, 0.5) is 24.5 Å². The van der Waals surface area contributed by atoms with Crippen LogP contribution in [-0.2, 0) is 18.0 Å². The molecule has 5 rings (SSSR count). The van der Waals surface area contributed by atoms with E-state index in [2.05, 4.69) is 15.6 Å². The van der Waals surface area contributed by atoms with Crippen LogP contribution in [0, 0.1) is 6.92 Å². The van der Waals surface area contributed by atoms with Crippen LogP contribution in [0.1, 0.15) is 41.3 Å². The lowest BCUT2D eigenvalue weighted by atomic mass is 9.99. The molecule has 0 unspecified atom stereocenters. The molecule has 1 saturated heterocycles. The number of benzene rings is 2. The fourth-order valence-corrected chi connectivity index (χ4v) is 5.54. The third-order valence-corrected chi connectivity index (χ3v) is 7.84. The largest absolute Gasteiger partial charge is 0.416 e. The number of pyridine rings is 2. The van der Waals surface area contributed by atoms with E-state index in [1.165, 1.54) is 17.6 Å². The lowest BCUT2D eigenvalue weighted by Crippen LogP contribution is -2.44. The van der Waals surface area contributed by atoms with Crippen LogP contribution in [0.5, 0.6) is 0 Å². The Morgan fingerprint density at radius 1 is 1.02 bits per heavy atom. The van der Waals surface area contributed by atoms with Gasteiger partial charge in [0.2, 0.25) is 5.91 Å². The zero-order valence-corrected chi connectivity index (χ0v) is 24.4. The Labute approximate surface area is 250 Å². The van der Waals surface area contributed by atoms with Crippen LogP contribution in [-0.4, -0.2) is 40.5 Å². The van der Waals surface area contributed by atoms with E-state index < -0.39 is 17.6 Å². The van der Waals surface area contributed by atoms with Gasteiger partial charge in [-0.2, -0.15) is 13.2 Å². The molecule has 8 nitrogen and oxygen atoms in total. The molecule has 1 fully saturated rings. The van der Waals surface area contributed by atoms with E-state index in [0.717, 1.165) is 17.7 Å². The Kier molecular flexibility index (Phi) is 8.20. The molecule has 224 valence electrons. The molecule has 0 aliphatic carbocycles. The van der Waals surface area contributed by atoms with Gasteiger partial charge in [0.15, 0.2) is 0 Å².